The van der Waals surface area contributed by atoms with Crippen molar-refractivity contribution in [3.05, 3.63) is 51.7 Å². The molecule has 2 saturated heterocycles. The number of likely N-dealkylation sites (tertiary alicyclic amines) is 1. The number of hydrogen-bond acceptors (Lipinski definition) is 4. The third kappa shape index (κ3) is 3.79. The lowest BCUT2D eigenvalue weighted by molar-refractivity contribution is 0.0553. The van der Waals surface area contributed by atoms with Crippen molar-refractivity contribution in [1.29, 1.82) is 0 Å². The molecule has 2 aliphatic heterocycles. The van der Waals surface area contributed by atoms with E-state index in [9.17, 15) is 4.79 Å². The Hall–Kier alpha value is -1.85. The molecular weight excluding hydrogens is 342 g/mol. The van der Waals surface area contributed by atoms with Gasteiger partial charge in [0.05, 0.1) is 0 Å². The van der Waals surface area contributed by atoms with Gasteiger partial charge in [0, 0.05) is 52.6 Å². The van der Waals surface area contributed by atoms with Crippen LogP contribution in [0.1, 0.15) is 39.4 Å². The van der Waals surface area contributed by atoms with Gasteiger partial charge in [-0.1, -0.05) is 6.07 Å². The predicted molar refractivity (Wildman–Crippen MR) is 108 cm³/mol. The molecule has 3 heterocycles. The first-order valence-corrected chi connectivity index (χ1v) is 10.3. The number of anilines is 1. The van der Waals surface area contributed by atoms with Gasteiger partial charge in [0.2, 0.25) is 0 Å². The molecule has 2 aliphatic rings. The quantitative estimate of drug-likeness (QED) is 0.859. The number of amides is 1. The first kappa shape index (κ1) is 17.6. The predicted octanol–water partition coefficient (Wildman–Crippen LogP) is 3.88. The summed E-state index contributed by atoms with van der Waals surface area (Å²) in [6, 6.07) is 12.3. The van der Waals surface area contributed by atoms with Gasteiger partial charge in [-0.15, -0.1) is 11.3 Å². The van der Waals surface area contributed by atoms with Gasteiger partial charge < -0.3 is 15.5 Å². The summed E-state index contributed by atoms with van der Waals surface area (Å²) in [5.41, 5.74) is 2.11. The van der Waals surface area contributed by atoms with Crippen LogP contribution in [0, 0.1) is 12.3 Å². The first-order valence-electron chi connectivity index (χ1n) is 9.53. The molecule has 138 valence electrons. The van der Waals surface area contributed by atoms with E-state index in [-0.39, 0.29) is 5.91 Å². The summed E-state index contributed by atoms with van der Waals surface area (Å²) in [5, 5.41) is 6.93. The number of piperidine rings is 1. The minimum absolute atomic E-state index is 0.173. The van der Waals surface area contributed by atoms with E-state index in [2.05, 4.69) is 34.6 Å². The average molecular weight is 370 g/mol. The van der Waals surface area contributed by atoms with Crippen LogP contribution in [0.15, 0.2) is 36.4 Å². The fourth-order valence-corrected chi connectivity index (χ4v) is 5.07. The highest BCUT2D eigenvalue weighted by Crippen LogP contribution is 2.36. The van der Waals surface area contributed by atoms with Gasteiger partial charge >= 0.3 is 0 Å². The maximum Gasteiger partial charge on any atom is 0.253 e. The lowest BCUT2D eigenvalue weighted by atomic mass is 9.79. The Kier molecular flexibility index (Phi) is 5.00. The number of hydrogen-bond donors (Lipinski definition) is 2. The highest BCUT2D eigenvalue weighted by atomic mass is 32.1. The second kappa shape index (κ2) is 7.41. The van der Waals surface area contributed by atoms with Gasteiger partial charge in [0.15, 0.2) is 0 Å². The fraction of sp³-hybridized carbons (Fsp3) is 0.476. The van der Waals surface area contributed by atoms with Gasteiger partial charge in [0.1, 0.15) is 0 Å². The standard InChI is InChI=1S/C21H27N3OS/c1-16-6-7-19(26-16)13-23-18-5-2-4-17(12-18)20(25)24-11-3-8-21(15-24)9-10-22-14-21/h2,4-7,12,22-23H,3,8-11,13-15H2,1H3. The topological polar surface area (TPSA) is 44.4 Å². The summed E-state index contributed by atoms with van der Waals surface area (Å²) in [4.78, 5) is 17.8. The molecule has 1 aromatic carbocycles. The Balaban J connectivity index is 1.42. The summed E-state index contributed by atoms with van der Waals surface area (Å²) in [6.07, 6.45) is 3.55. The van der Waals surface area contributed by atoms with Crippen molar-refractivity contribution < 1.29 is 4.79 Å². The number of benzene rings is 1. The maximum atomic E-state index is 13.0. The van der Waals surface area contributed by atoms with Crippen molar-refractivity contribution in [2.75, 3.05) is 31.5 Å². The number of nitrogens with one attached hydrogen (secondary N) is 2. The number of aryl methyl sites for hydroxylation is 1. The molecule has 2 N–H and O–H groups in total. The lowest BCUT2D eigenvalue weighted by Crippen LogP contribution is -2.47. The molecule has 1 aromatic heterocycles. The van der Waals surface area contributed by atoms with Crippen LogP contribution < -0.4 is 10.6 Å². The van der Waals surface area contributed by atoms with E-state index in [4.69, 9.17) is 0 Å². The number of carbonyl (C=O) groups is 1. The number of thiophene rings is 1. The Labute approximate surface area is 159 Å². The zero-order valence-corrected chi connectivity index (χ0v) is 16.2. The third-order valence-corrected chi connectivity index (χ3v) is 6.65. The normalized spacial score (nSPS) is 22.7. The van der Waals surface area contributed by atoms with Crippen molar-refractivity contribution in [3.8, 4) is 0 Å². The van der Waals surface area contributed by atoms with Gasteiger partial charge in [-0.05, 0) is 63.1 Å². The molecular formula is C21H27N3OS. The molecule has 26 heavy (non-hydrogen) atoms. The van der Waals surface area contributed by atoms with Crippen molar-refractivity contribution >= 4 is 22.9 Å². The van der Waals surface area contributed by atoms with E-state index in [1.165, 1.54) is 22.6 Å². The van der Waals surface area contributed by atoms with Crippen molar-refractivity contribution in [2.45, 2.75) is 32.7 Å². The molecule has 1 atom stereocenters. The molecule has 1 amide bonds. The SMILES string of the molecule is Cc1ccc(CNc2cccc(C(=O)N3CCCC4(CCNC4)C3)c2)s1. The monoisotopic (exact) mass is 369 g/mol. The Bertz CT molecular complexity index is 779. The molecule has 1 unspecified atom stereocenters. The van der Waals surface area contributed by atoms with Crippen LogP contribution in [-0.2, 0) is 6.54 Å². The molecule has 4 rings (SSSR count). The summed E-state index contributed by atoms with van der Waals surface area (Å²) in [5.74, 6) is 0.173. The van der Waals surface area contributed by atoms with E-state index >= 15 is 0 Å². The van der Waals surface area contributed by atoms with E-state index in [0.717, 1.165) is 50.4 Å². The molecule has 1 spiro atoms. The Morgan fingerprint density at radius 3 is 3.00 bits per heavy atom. The van der Waals surface area contributed by atoms with Gasteiger partial charge in [0.25, 0.3) is 5.91 Å². The summed E-state index contributed by atoms with van der Waals surface area (Å²) in [6.45, 7) is 6.84. The van der Waals surface area contributed by atoms with Crippen molar-refractivity contribution in [1.82, 2.24) is 10.2 Å². The number of rotatable bonds is 4. The number of nitrogens with zero attached hydrogens (tertiary/aromatic N) is 1. The van der Waals surface area contributed by atoms with Crippen LogP contribution in [0.4, 0.5) is 5.69 Å². The van der Waals surface area contributed by atoms with Crippen LogP contribution in [0.25, 0.3) is 0 Å². The fourth-order valence-electron chi connectivity index (χ4n) is 4.24. The Morgan fingerprint density at radius 2 is 2.23 bits per heavy atom. The molecule has 2 aromatic rings. The molecule has 0 bridgehead atoms. The highest BCUT2D eigenvalue weighted by molar-refractivity contribution is 7.11. The lowest BCUT2D eigenvalue weighted by Gasteiger charge is -2.40. The molecule has 0 saturated carbocycles. The summed E-state index contributed by atoms with van der Waals surface area (Å²) in [7, 11) is 0. The largest absolute Gasteiger partial charge is 0.380 e. The summed E-state index contributed by atoms with van der Waals surface area (Å²) < 4.78 is 0. The van der Waals surface area contributed by atoms with Crippen molar-refractivity contribution in [3.63, 3.8) is 0 Å². The molecule has 0 aliphatic carbocycles. The first-order chi connectivity index (χ1) is 12.6. The average Bonchev–Trinajstić information content (AvgIpc) is 3.29. The van der Waals surface area contributed by atoms with Crippen LogP contribution >= 0.6 is 11.3 Å². The third-order valence-electron chi connectivity index (χ3n) is 5.65. The zero-order valence-electron chi connectivity index (χ0n) is 15.4. The van der Waals surface area contributed by atoms with E-state index < -0.39 is 0 Å². The molecule has 0 radical (unpaired) electrons. The van der Waals surface area contributed by atoms with Gasteiger partial charge in [-0.2, -0.15) is 0 Å². The van der Waals surface area contributed by atoms with E-state index in [0.29, 0.717) is 5.41 Å². The zero-order chi connectivity index (χ0) is 18.0. The van der Waals surface area contributed by atoms with Gasteiger partial charge in [-0.25, -0.2) is 0 Å². The minimum atomic E-state index is 0.173. The van der Waals surface area contributed by atoms with Crippen LogP contribution in [0.5, 0.6) is 0 Å². The Morgan fingerprint density at radius 1 is 1.31 bits per heavy atom. The van der Waals surface area contributed by atoms with Crippen molar-refractivity contribution in [2.24, 2.45) is 5.41 Å². The second-order valence-corrected chi connectivity index (χ2v) is 9.08. The van der Waals surface area contributed by atoms with Crippen LogP contribution in [0.3, 0.4) is 0 Å². The minimum Gasteiger partial charge on any atom is -0.380 e. The second-order valence-electron chi connectivity index (χ2n) is 7.70. The molecule has 2 fully saturated rings. The molecule has 5 heteroatoms. The van der Waals surface area contributed by atoms with Crippen LogP contribution in [0.2, 0.25) is 0 Å². The van der Waals surface area contributed by atoms with Crippen LogP contribution in [-0.4, -0.2) is 37.0 Å². The van der Waals surface area contributed by atoms with Gasteiger partial charge in [-0.3, -0.25) is 4.79 Å². The van der Waals surface area contributed by atoms with E-state index in [1.807, 2.05) is 35.6 Å². The highest BCUT2D eigenvalue weighted by Gasteiger charge is 2.39. The maximum absolute atomic E-state index is 13.0. The summed E-state index contributed by atoms with van der Waals surface area (Å²) >= 11 is 1.81. The number of carbonyl (C=O) groups excluding carboxylic acids is 1. The smallest absolute Gasteiger partial charge is 0.253 e. The van der Waals surface area contributed by atoms with E-state index in [1.54, 1.807) is 0 Å². The molecule has 4 nitrogen and oxygen atoms in total.